The Kier molecular flexibility index (Phi) is 13.4. The van der Waals surface area contributed by atoms with Crippen LogP contribution in [0.4, 0.5) is 11.4 Å². The molecule has 0 aliphatic carbocycles. The maximum absolute atomic E-state index is 12.6. The van der Waals surface area contributed by atoms with E-state index in [1.807, 2.05) is 0 Å². The number of benzene rings is 1. The first kappa shape index (κ1) is 27.4. The Morgan fingerprint density at radius 1 is 0.871 bits per heavy atom. The topological polar surface area (TPSA) is 107 Å². The first-order valence-corrected chi connectivity index (χ1v) is 13.2. The highest BCUT2D eigenvalue weighted by Gasteiger charge is 2.24. The second kappa shape index (κ2) is 15.2. The van der Waals surface area contributed by atoms with Crippen LogP contribution in [0.3, 0.4) is 0 Å². The van der Waals surface area contributed by atoms with Gasteiger partial charge in [0.05, 0.1) is 9.82 Å². The van der Waals surface area contributed by atoms with Crippen molar-refractivity contribution in [2.45, 2.75) is 102 Å². The molecule has 0 fully saturated rings. The lowest BCUT2D eigenvalue weighted by atomic mass is 10.0. The number of sulfonamides is 1. The molecule has 0 amide bonds. The average molecular weight is 456 g/mol. The molecule has 0 spiro atoms. The van der Waals surface area contributed by atoms with E-state index in [0.717, 1.165) is 25.3 Å². The molecule has 0 aliphatic rings. The van der Waals surface area contributed by atoms with E-state index in [2.05, 4.69) is 6.92 Å². The SMILES string of the molecule is CCCCCCCCCCCCCCCCN(C)S(=O)(=O)c1ccc(N)c([N+](=O)[O-])c1. The van der Waals surface area contributed by atoms with Gasteiger partial charge >= 0.3 is 0 Å². The van der Waals surface area contributed by atoms with Gasteiger partial charge in [-0.25, -0.2) is 12.7 Å². The van der Waals surface area contributed by atoms with Crippen LogP contribution in [0, 0.1) is 10.1 Å². The van der Waals surface area contributed by atoms with Gasteiger partial charge in [-0.15, -0.1) is 0 Å². The summed E-state index contributed by atoms with van der Waals surface area (Å²) < 4.78 is 26.6. The monoisotopic (exact) mass is 455 g/mol. The van der Waals surface area contributed by atoms with Crippen LogP contribution in [-0.2, 0) is 10.0 Å². The Balaban J connectivity index is 2.17. The summed E-state index contributed by atoms with van der Waals surface area (Å²) in [4.78, 5) is 10.2. The summed E-state index contributed by atoms with van der Waals surface area (Å²) in [6.45, 7) is 2.65. The zero-order chi connectivity index (χ0) is 23.1. The van der Waals surface area contributed by atoms with Crippen molar-refractivity contribution in [1.82, 2.24) is 4.31 Å². The zero-order valence-electron chi connectivity index (χ0n) is 19.4. The Labute approximate surface area is 188 Å². The van der Waals surface area contributed by atoms with E-state index in [0.29, 0.717) is 6.54 Å². The number of nitrogen functional groups attached to an aromatic ring is 1. The van der Waals surface area contributed by atoms with E-state index in [9.17, 15) is 18.5 Å². The van der Waals surface area contributed by atoms with Crippen LogP contribution in [-0.4, -0.2) is 31.2 Å². The molecule has 8 heteroatoms. The molecule has 0 unspecified atom stereocenters. The standard InChI is InChI=1S/C23H41N3O4S/c1-3-4-5-6-7-8-9-10-11-12-13-14-15-16-19-25(2)31(29,30)21-17-18-22(24)23(20-21)26(27)28/h17-18,20H,3-16,19,24H2,1-2H3. The van der Waals surface area contributed by atoms with Gasteiger partial charge in [-0.05, 0) is 18.6 Å². The summed E-state index contributed by atoms with van der Waals surface area (Å²) >= 11 is 0. The number of unbranched alkanes of at least 4 members (excludes halogenated alkanes) is 13. The Bertz CT molecular complexity index is 753. The first-order chi connectivity index (χ1) is 14.8. The van der Waals surface area contributed by atoms with Crippen molar-refractivity contribution in [2.24, 2.45) is 0 Å². The van der Waals surface area contributed by atoms with Crippen molar-refractivity contribution in [1.29, 1.82) is 0 Å². The molecule has 0 radical (unpaired) electrons. The third kappa shape index (κ3) is 10.5. The number of anilines is 1. The highest BCUT2D eigenvalue weighted by atomic mass is 32.2. The van der Waals surface area contributed by atoms with E-state index in [4.69, 9.17) is 5.73 Å². The van der Waals surface area contributed by atoms with Gasteiger partial charge < -0.3 is 5.73 Å². The normalized spacial score (nSPS) is 11.8. The van der Waals surface area contributed by atoms with Crippen LogP contribution in [0.15, 0.2) is 23.1 Å². The number of nitro groups is 1. The van der Waals surface area contributed by atoms with Crippen LogP contribution in [0.5, 0.6) is 0 Å². The maximum Gasteiger partial charge on any atom is 0.293 e. The average Bonchev–Trinajstić information content (AvgIpc) is 2.73. The lowest BCUT2D eigenvalue weighted by Crippen LogP contribution is -2.28. The van der Waals surface area contributed by atoms with Gasteiger partial charge in [0.25, 0.3) is 5.69 Å². The molecule has 1 aromatic rings. The van der Waals surface area contributed by atoms with Crippen molar-refractivity contribution < 1.29 is 13.3 Å². The smallest absolute Gasteiger partial charge is 0.293 e. The summed E-state index contributed by atoms with van der Waals surface area (Å²) in [5.74, 6) is 0. The molecule has 2 N–H and O–H groups in total. The quantitative estimate of drug-likeness (QED) is 0.121. The van der Waals surface area contributed by atoms with Crippen LogP contribution >= 0.6 is 0 Å². The molecule has 31 heavy (non-hydrogen) atoms. The first-order valence-electron chi connectivity index (χ1n) is 11.8. The molecule has 0 aromatic heterocycles. The summed E-state index contributed by atoms with van der Waals surface area (Å²) in [7, 11) is -2.24. The highest BCUT2D eigenvalue weighted by Crippen LogP contribution is 2.26. The van der Waals surface area contributed by atoms with Crippen molar-refractivity contribution in [3.8, 4) is 0 Å². The molecule has 0 aliphatic heterocycles. The molecular weight excluding hydrogens is 414 g/mol. The molecule has 7 nitrogen and oxygen atoms in total. The van der Waals surface area contributed by atoms with E-state index in [-0.39, 0.29) is 16.3 Å². The van der Waals surface area contributed by atoms with E-state index < -0.39 is 14.9 Å². The molecule has 0 saturated heterocycles. The lowest BCUT2D eigenvalue weighted by molar-refractivity contribution is -0.384. The molecule has 1 rings (SSSR count). The Morgan fingerprint density at radius 2 is 1.32 bits per heavy atom. The largest absolute Gasteiger partial charge is 0.393 e. The highest BCUT2D eigenvalue weighted by molar-refractivity contribution is 7.89. The fourth-order valence-corrected chi connectivity index (χ4v) is 4.90. The minimum absolute atomic E-state index is 0.0430. The number of nitrogens with two attached hydrogens (primary N) is 1. The summed E-state index contributed by atoms with van der Waals surface area (Å²) in [5, 5.41) is 11.0. The van der Waals surface area contributed by atoms with Gasteiger partial charge in [-0.1, -0.05) is 90.4 Å². The minimum Gasteiger partial charge on any atom is -0.393 e. The minimum atomic E-state index is -3.76. The fraction of sp³-hybridized carbons (Fsp3) is 0.739. The summed E-state index contributed by atoms with van der Waals surface area (Å²) in [6.07, 6.45) is 17.4. The van der Waals surface area contributed by atoms with Crippen LogP contribution in [0.2, 0.25) is 0 Å². The van der Waals surface area contributed by atoms with Crippen molar-refractivity contribution in [3.05, 3.63) is 28.3 Å². The van der Waals surface area contributed by atoms with Crippen molar-refractivity contribution in [2.75, 3.05) is 19.3 Å². The summed E-state index contributed by atoms with van der Waals surface area (Å²) in [6, 6.07) is 3.62. The fourth-order valence-electron chi connectivity index (χ4n) is 3.67. The Hall–Kier alpha value is -1.67. The molecule has 0 saturated carbocycles. The third-order valence-electron chi connectivity index (χ3n) is 5.73. The van der Waals surface area contributed by atoms with Gasteiger partial charge in [0.2, 0.25) is 10.0 Å². The van der Waals surface area contributed by atoms with Crippen LogP contribution < -0.4 is 5.73 Å². The molecule has 178 valence electrons. The van der Waals surface area contributed by atoms with Crippen molar-refractivity contribution >= 4 is 21.4 Å². The van der Waals surface area contributed by atoms with Gasteiger partial charge in [0.15, 0.2) is 0 Å². The number of nitro benzene ring substituents is 1. The molecule has 0 bridgehead atoms. The van der Waals surface area contributed by atoms with Gasteiger partial charge in [-0.2, -0.15) is 0 Å². The van der Waals surface area contributed by atoms with E-state index in [1.54, 1.807) is 0 Å². The van der Waals surface area contributed by atoms with Crippen LogP contribution in [0.1, 0.15) is 96.8 Å². The van der Waals surface area contributed by atoms with Gasteiger partial charge in [0, 0.05) is 19.7 Å². The maximum atomic E-state index is 12.6. The number of nitrogens with zero attached hydrogens (tertiary/aromatic N) is 2. The number of hydrogen-bond acceptors (Lipinski definition) is 5. The Morgan fingerprint density at radius 3 is 1.77 bits per heavy atom. The molecular formula is C23H41N3O4S. The predicted molar refractivity (Wildman–Crippen MR) is 128 cm³/mol. The van der Waals surface area contributed by atoms with Crippen molar-refractivity contribution in [3.63, 3.8) is 0 Å². The second-order valence-corrected chi connectivity index (χ2v) is 10.4. The zero-order valence-corrected chi connectivity index (χ0v) is 20.2. The number of hydrogen-bond donors (Lipinski definition) is 1. The lowest BCUT2D eigenvalue weighted by Gasteiger charge is -2.17. The van der Waals surface area contributed by atoms with Crippen LogP contribution in [0.25, 0.3) is 0 Å². The molecule has 0 atom stereocenters. The van der Waals surface area contributed by atoms with E-state index >= 15 is 0 Å². The molecule has 1 aromatic carbocycles. The predicted octanol–water partition coefficient (Wildman–Crippen LogP) is 6.28. The van der Waals surface area contributed by atoms with Gasteiger partial charge in [0.1, 0.15) is 5.69 Å². The van der Waals surface area contributed by atoms with Gasteiger partial charge in [-0.3, -0.25) is 10.1 Å². The second-order valence-electron chi connectivity index (χ2n) is 8.40. The number of rotatable bonds is 18. The molecule has 0 heterocycles. The van der Waals surface area contributed by atoms with E-state index in [1.165, 1.54) is 94.1 Å². The third-order valence-corrected chi connectivity index (χ3v) is 7.59. The summed E-state index contributed by atoms with van der Waals surface area (Å²) in [5.41, 5.74) is 5.13.